The van der Waals surface area contributed by atoms with E-state index in [4.69, 9.17) is 0 Å². The maximum absolute atomic E-state index is 10.00. The third-order valence-corrected chi connectivity index (χ3v) is 2.56. The standard InChI is InChI=1S/C11H21OP/c1-2-3-4-5-6-7-8-9-10-11-13-12/h2-10H2,1H3. The van der Waals surface area contributed by atoms with Crippen molar-refractivity contribution < 1.29 is 4.57 Å². The Kier molecular flexibility index (Phi) is 12.0. The molecule has 2 heteroatoms. The Morgan fingerprint density at radius 3 is 2.00 bits per heavy atom. The molecule has 0 amide bonds. The quantitative estimate of drug-likeness (QED) is 0.407. The molecule has 76 valence electrons. The molecule has 0 N–H and O–H groups in total. The molecule has 0 heterocycles. The van der Waals surface area contributed by atoms with Gasteiger partial charge in [-0.05, 0) is 0 Å². The van der Waals surface area contributed by atoms with Crippen LogP contribution in [0.15, 0.2) is 0 Å². The zero-order valence-electron chi connectivity index (χ0n) is 8.72. The van der Waals surface area contributed by atoms with Crippen molar-refractivity contribution in [2.45, 2.75) is 64.7 Å². The Morgan fingerprint density at radius 1 is 0.923 bits per heavy atom. The van der Waals surface area contributed by atoms with Crippen molar-refractivity contribution in [2.24, 2.45) is 0 Å². The van der Waals surface area contributed by atoms with Gasteiger partial charge in [0.05, 0.1) is 0 Å². The minimum atomic E-state index is 0.0732. The van der Waals surface area contributed by atoms with E-state index in [-0.39, 0.29) is 7.92 Å². The summed E-state index contributed by atoms with van der Waals surface area (Å²) in [6.45, 7) is 2.24. The van der Waals surface area contributed by atoms with Crippen molar-refractivity contribution in [1.82, 2.24) is 0 Å². The van der Waals surface area contributed by atoms with Gasteiger partial charge in [-0.25, -0.2) is 0 Å². The Labute approximate surface area is 83.4 Å². The fraction of sp³-hybridized carbons (Fsp3) is 0.909. The fourth-order valence-electron chi connectivity index (χ4n) is 1.38. The normalized spacial score (nSPS) is 9.62. The third kappa shape index (κ3) is 12.0. The van der Waals surface area contributed by atoms with Crippen LogP contribution in [0.25, 0.3) is 0 Å². The molecule has 0 bridgehead atoms. The van der Waals surface area contributed by atoms with Crippen LogP contribution in [0, 0.1) is 5.63 Å². The zero-order chi connectivity index (χ0) is 9.78. The van der Waals surface area contributed by atoms with E-state index in [9.17, 15) is 4.57 Å². The van der Waals surface area contributed by atoms with Crippen molar-refractivity contribution in [3.63, 3.8) is 0 Å². The van der Waals surface area contributed by atoms with E-state index >= 15 is 0 Å². The predicted molar refractivity (Wildman–Crippen MR) is 58.7 cm³/mol. The molecule has 0 atom stereocenters. The van der Waals surface area contributed by atoms with Gasteiger partial charge < -0.3 is 0 Å². The average Bonchev–Trinajstić information content (AvgIpc) is 2.16. The van der Waals surface area contributed by atoms with Crippen molar-refractivity contribution >= 4 is 7.92 Å². The van der Waals surface area contributed by atoms with E-state index in [1.165, 1.54) is 44.9 Å². The molecule has 0 rings (SSSR count). The molecule has 13 heavy (non-hydrogen) atoms. The van der Waals surface area contributed by atoms with Crippen LogP contribution in [0.5, 0.6) is 0 Å². The first-order valence-electron chi connectivity index (χ1n) is 5.47. The molecule has 0 saturated carbocycles. The van der Waals surface area contributed by atoms with Gasteiger partial charge in [0.25, 0.3) is 0 Å². The first-order chi connectivity index (χ1) is 6.41. The van der Waals surface area contributed by atoms with Crippen molar-refractivity contribution in [2.75, 3.05) is 0 Å². The number of rotatable bonds is 8. The Bertz CT molecular complexity index is 181. The van der Waals surface area contributed by atoms with Gasteiger partial charge in [-0.2, -0.15) is 0 Å². The summed E-state index contributed by atoms with van der Waals surface area (Å²) < 4.78 is 10.00. The molecule has 0 fully saturated rings. The average molecular weight is 200 g/mol. The van der Waals surface area contributed by atoms with Gasteiger partial charge >= 0.3 is 82.8 Å². The van der Waals surface area contributed by atoms with Crippen LogP contribution in [0.1, 0.15) is 64.7 Å². The minimum absolute atomic E-state index is 0.0732. The molecule has 0 aromatic rings. The molecule has 0 saturated heterocycles. The molecule has 0 aliphatic rings. The van der Waals surface area contributed by atoms with Gasteiger partial charge in [-0.3, -0.25) is 0 Å². The van der Waals surface area contributed by atoms with E-state index < -0.39 is 0 Å². The number of hydrogen-bond acceptors (Lipinski definition) is 1. The monoisotopic (exact) mass is 200 g/mol. The Balaban J connectivity index is 2.90. The van der Waals surface area contributed by atoms with Crippen LogP contribution in [0.4, 0.5) is 0 Å². The van der Waals surface area contributed by atoms with Crippen molar-refractivity contribution in [3.8, 4) is 5.63 Å². The van der Waals surface area contributed by atoms with Gasteiger partial charge in [-0.15, -0.1) is 0 Å². The first kappa shape index (κ1) is 13.0. The summed E-state index contributed by atoms with van der Waals surface area (Å²) in [6, 6.07) is 0. The second-order valence-corrected chi connectivity index (χ2v) is 3.97. The predicted octanol–water partition coefficient (Wildman–Crippen LogP) is 4.77. The van der Waals surface area contributed by atoms with Crippen molar-refractivity contribution in [3.05, 3.63) is 0 Å². The summed E-state index contributed by atoms with van der Waals surface area (Å²) in [6.07, 6.45) is 11.5. The molecule has 0 aromatic heterocycles. The molecule has 0 spiro atoms. The summed E-state index contributed by atoms with van der Waals surface area (Å²) in [4.78, 5) is 0. The van der Waals surface area contributed by atoms with E-state index in [2.05, 4.69) is 12.6 Å². The second-order valence-electron chi connectivity index (χ2n) is 3.47. The molecule has 0 aliphatic carbocycles. The van der Waals surface area contributed by atoms with Crippen LogP contribution >= 0.6 is 7.92 Å². The number of unbranched alkanes of at least 4 members (excludes halogenated alkanes) is 8. The fourth-order valence-corrected chi connectivity index (χ4v) is 1.63. The summed E-state index contributed by atoms with van der Waals surface area (Å²) in [5, 5.41) is 0. The zero-order valence-corrected chi connectivity index (χ0v) is 9.61. The van der Waals surface area contributed by atoms with Gasteiger partial charge in [0, 0.05) is 0 Å². The summed E-state index contributed by atoms with van der Waals surface area (Å²) in [5.41, 5.74) is 2.78. The molecule has 0 unspecified atom stereocenters. The molecule has 0 radical (unpaired) electrons. The summed E-state index contributed by atoms with van der Waals surface area (Å²) in [5.74, 6) is 0. The maximum atomic E-state index is 10.00. The molecular weight excluding hydrogens is 179 g/mol. The molecule has 0 aliphatic heterocycles. The second kappa shape index (κ2) is 12.0. The van der Waals surface area contributed by atoms with E-state index in [1.54, 1.807) is 0 Å². The SMILES string of the molecule is CCCCCCCCCCC#P=O. The number of hydrogen-bond donors (Lipinski definition) is 0. The van der Waals surface area contributed by atoms with E-state index in [0.29, 0.717) is 0 Å². The van der Waals surface area contributed by atoms with Crippen molar-refractivity contribution in [1.29, 1.82) is 0 Å². The van der Waals surface area contributed by atoms with Crippen LogP contribution in [-0.4, -0.2) is 0 Å². The van der Waals surface area contributed by atoms with Gasteiger partial charge in [0.2, 0.25) is 0 Å². The molecular formula is C11H21OP. The first-order valence-corrected chi connectivity index (χ1v) is 6.28. The van der Waals surface area contributed by atoms with Crippen LogP contribution in [0.3, 0.4) is 0 Å². The van der Waals surface area contributed by atoms with E-state index in [1.807, 2.05) is 0 Å². The van der Waals surface area contributed by atoms with Crippen LogP contribution in [0.2, 0.25) is 0 Å². The Hall–Kier alpha value is 0.01000. The van der Waals surface area contributed by atoms with Crippen LogP contribution in [-0.2, 0) is 4.57 Å². The third-order valence-electron chi connectivity index (χ3n) is 2.21. The van der Waals surface area contributed by atoms with E-state index in [0.717, 1.165) is 12.8 Å². The summed E-state index contributed by atoms with van der Waals surface area (Å²) >= 11 is 0. The van der Waals surface area contributed by atoms with Gasteiger partial charge in [-0.1, -0.05) is 0 Å². The topological polar surface area (TPSA) is 17.1 Å². The van der Waals surface area contributed by atoms with Gasteiger partial charge in [0.1, 0.15) is 0 Å². The molecule has 0 aromatic carbocycles. The Morgan fingerprint density at radius 2 is 1.46 bits per heavy atom. The van der Waals surface area contributed by atoms with Crippen LogP contribution < -0.4 is 0 Å². The van der Waals surface area contributed by atoms with Gasteiger partial charge in [0.15, 0.2) is 0 Å². The molecule has 1 nitrogen and oxygen atoms in total. The summed E-state index contributed by atoms with van der Waals surface area (Å²) in [7, 11) is 0.0732.